The van der Waals surface area contributed by atoms with Gasteiger partial charge in [-0.05, 0) is 25.0 Å². The van der Waals surface area contributed by atoms with Gasteiger partial charge in [0.15, 0.2) is 0 Å². The quantitative estimate of drug-likeness (QED) is 0.650. The van der Waals surface area contributed by atoms with E-state index < -0.39 is 0 Å². The molecule has 0 aliphatic rings. The molecule has 0 aliphatic carbocycles. The first-order chi connectivity index (χ1) is 10.2. The highest BCUT2D eigenvalue weighted by molar-refractivity contribution is 5.92. The highest BCUT2D eigenvalue weighted by atomic mass is 16.3. The Hall–Kier alpha value is -2.41. The van der Waals surface area contributed by atoms with E-state index in [1.165, 1.54) is 6.20 Å². The maximum atomic E-state index is 11.8. The molecule has 0 aromatic carbocycles. The van der Waals surface area contributed by atoms with Crippen molar-refractivity contribution in [2.45, 2.75) is 25.9 Å². The van der Waals surface area contributed by atoms with Crippen LogP contribution in [0.1, 0.15) is 19.8 Å². The first kappa shape index (κ1) is 15.0. The molecule has 7 heteroatoms. The monoisotopic (exact) mass is 289 g/mol. The van der Waals surface area contributed by atoms with Crippen molar-refractivity contribution in [3.05, 3.63) is 30.6 Å². The molecule has 21 heavy (non-hydrogen) atoms. The van der Waals surface area contributed by atoms with Gasteiger partial charge in [0.25, 0.3) is 0 Å². The van der Waals surface area contributed by atoms with Gasteiger partial charge in [-0.25, -0.2) is 4.79 Å². The first-order valence-electron chi connectivity index (χ1n) is 6.88. The number of pyridine rings is 1. The number of nitrogens with zero attached hydrogens (tertiary/aromatic N) is 2. The highest BCUT2D eigenvalue weighted by Crippen LogP contribution is 2.22. The zero-order valence-corrected chi connectivity index (χ0v) is 11.8. The zero-order chi connectivity index (χ0) is 15.1. The van der Waals surface area contributed by atoms with Crippen LogP contribution in [0, 0.1) is 0 Å². The van der Waals surface area contributed by atoms with Gasteiger partial charge in [-0.2, -0.15) is 5.10 Å². The summed E-state index contributed by atoms with van der Waals surface area (Å²) in [5.41, 5.74) is 1.91. The Morgan fingerprint density at radius 2 is 2.33 bits per heavy atom. The molecule has 2 heterocycles. The number of anilines is 1. The van der Waals surface area contributed by atoms with Crippen LogP contribution >= 0.6 is 0 Å². The van der Waals surface area contributed by atoms with Crippen LogP contribution in [0.3, 0.4) is 0 Å². The van der Waals surface area contributed by atoms with Crippen molar-refractivity contribution < 1.29 is 9.90 Å². The largest absolute Gasteiger partial charge is 0.393 e. The second-order valence-corrected chi connectivity index (χ2v) is 4.61. The normalized spacial score (nSPS) is 11.9. The number of urea groups is 1. The summed E-state index contributed by atoms with van der Waals surface area (Å²) in [7, 11) is 0. The number of carbonyl (C=O) groups is 1. The Balaban J connectivity index is 1.92. The zero-order valence-electron chi connectivity index (χ0n) is 11.8. The molecule has 0 aliphatic heterocycles. The number of amides is 2. The second-order valence-electron chi connectivity index (χ2n) is 4.61. The van der Waals surface area contributed by atoms with Gasteiger partial charge in [-0.1, -0.05) is 13.0 Å². The van der Waals surface area contributed by atoms with Crippen molar-refractivity contribution in [1.29, 1.82) is 0 Å². The van der Waals surface area contributed by atoms with Crippen LogP contribution in [-0.2, 0) is 0 Å². The van der Waals surface area contributed by atoms with E-state index >= 15 is 0 Å². The van der Waals surface area contributed by atoms with Gasteiger partial charge in [0.2, 0.25) is 0 Å². The fourth-order valence-corrected chi connectivity index (χ4v) is 1.81. The molecule has 0 bridgehead atoms. The lowest BCUT2D eigenvalue weighted by Gasteiger charge is -2.10. The number of aliphatic hydroxyl groups is 1. The van der Waals surface area contributed by atoms with Gasteiger partial charge in [-0.15, -0.1) is 0 Å². The minimum atomic E-state index is -0.386. The van der Waals surface area contributed by atoms with Crippen LogP contribution in [0.2, 0.25) is 0 Å². The summed E-state index contributed by atoms with van der Waals surface area (Å²) in [6.45, 7) is 2.31. The molecule has 0 saturated heterocycles. The minimum absolute atomic E-state index is 0.336. The molecule has 1 unspecified atom stereocenters. The summed E-state index contributed by atoms with van der Waals surface area (Å²) < 4.78 is 0. The number of hydrogen-bond acceptors (Lipinski definition) is 4. The van der Waals surface area contributed by atoms with E-state index in [0.29, 0.717) is 36.5 Å². The van der Waals surface area contributed by atoms with Crippen molar-refractivity contribution in [1.82, 2.24) is 20.5 Å². The van der Waals surface area contributed by atoms with Crippen molar-refractivity contribution in [2.24, 2.45) is 0 Å². The lowest BCUT2D eigenvalue weighted by atomic mass is 10.2. The molecular formula is C14H19N5O2. The van der Waals surface area contributed by atoms with Crippen LogP contribution in [-0.4, -0.2) is 39.0 Å². The maximum Gasteiger partial charge on any atom is 0.319 e. The second kappa shape index (κ2) is 7.39. The Kier molecular flexibility index (Phi) is 5.28. The molecule has 4 N–H and O–H groups in total. The summed E-state index contributed by atoms with van der Waals surface area (Å²) in [5.74, 6) is 0. The number of H-pyrrole nitrogens is 1. The third kappa shape index (κ3) is 4.28. The Bertz CT molecular complexity index is 570. The molecule has 0 saturated carbocycles. The van der Waals surface area contributed by atoms with E-state index in [1.54, 1.807) is 6.20 Å². The molecule has 2 aromatic rings. The van der Waals surface area contributed by atoms with E-state index in [4.69, 9.17) is 0 Å². The SMILES string of the molecule is CCC(O)CCNC(=O)Nc1cn[nH]c1-c1ccccn1. The third-order valence-electron chi connectivity index (χ3n) is 3.04. The van der Waals surface area contributed by atoms with Crippen LogP contribution in [0.25, 0.3) is 11.4 Å². The van der Waals surface area contributed by atoms with E-state index in [0.717, 1.165) is 0 Å². The van der Waals surface area contributed by atoms with Crippen LogP contribution in [0.5, 0.6) is 0 Å². The molecule has 2 aromatic heterocycles. The lowest BCUT2D eigenvalue weighted by molar-refractivity contribution is 0.160. The molecule has 1 atom stereocenters. The minimum Gasteiger partial charge on any atom is -0.393 e. The smallest absolute Gasteiger partial charge is 0.319 e. The standard InChI is InChI=1S/C14H19N5O2/c1-2-10(20)6-8-16-14(21)18-12-9-17-19-13(12)11-5-3-4-7-15-11/h3-5,7,9-10,20H,2,6,8H2,1H3,(H,17,19)(H2,16,18,21). The average Bonchev–Trinajstić information content (AvgIpc) is 2.96. The summed E-state index contributed by atoms with van der Waals surface area (Å²) in [6.07, 6.45) is 4.02. The molecule has 7 nitrogen and oxygen atoms in total. The van der Waals surface area contributed by atoms with E-state index in [1.807, 2.05) is 25.1 Å². The van der Waals surface area contributed by atoms with E-state index in [-0.39, 0.29) is 12.1 Å². The maximum absolute atomic E-state index is 11.8. The first-order valence-corrected chi connectivity index (χ1v) is 6.88. The highest BCUT2D eigenvalue weighted by Gasteiger charge is 2.11. The molecule has 2 amide bonds. The van der Waals surface area contributed by atoms with Crippen molar-refractivity contribution >= 4 is 11.7 Å². The number of carbonyl (C=O) groups excluding carboxylic acids is 1. The molecule has 2 rings (SSSR count). The molecular weight excluding hydrogens is 270 g/mol. The number of rotatable bonds is 6. The predicted octanol–water partition coefficient (Wildman–Crippen LogP) is 1.75. The van der Waals surface area contributed by atoms with Gasteiger partial charge >= 0.3 is 6.03 Å². The van der Waals surface area contributed by atoms with Gasteiger partial charge in [0, 0.05) is 12.7 Å². The Morgan fingerprint density at radius 3 is 3.05 bits per heavy atom. The van der Waals surface area contributed by atoms with Gasteiger partial charge in [0.1, 0.15) is 5.69 Å². The fourth-order valence-electron chi connectivity index (χ4n) is 1.81. The molecule has 112 valence electrons. The summed E-state index contributed by atoms with van der Waals surface area (Å²) in [4.78, 5) is 16.0. The Morgan fingerprint density at radius 1 is 1.48 bits per heavy atom. The van der Waals surface area contributed by atoms with Crippen LogP contribution < -0.4 is 10.6 Å². The van der Waals surface area contributed by atoms with Crippen molar-refractivity contribution in [3.8, 4) is 11.4 Å². The van der Waals surface area contributed by atoms with Gasteiger partial charge in [-0.3, -0.25) is 10.1 Å². The van der Waals surface area contributed by atoms with Crippen LogP contribution in [0.15, 0.2) is 30.6 Å². The van der Waals surface area contributed by atoms with Crippen molar-refractivity contribution in [3.63, 3.8) is 0 Å². The predicted molar refractivity (Wildman–Crippen MR) is 79.8 cm³/mol. The number of aromatic amines is 1. The van der Waals surface area contributed by atoms with E-state index in [9.17, 15) is 9.90 Å². The average molecular weight is 289 g/mol. The number of aliphatic hydroxyl groups excluding tert-OH is 1. The lowest BCUT2D eigenvalue weighted by Crippen LogP contribution is -2.31. The number of hydrogen-bond donors (Lipinski definition) is 4. The summed E-state index contributed by atoms with van der Waals surface area (Å²) in [5, 5.41) is 21.6. The summed E-state index contributed by atoms with van der Waals surface area (Å²) in [6, 6.07) is 5.17. The summed E-state index contributed by atoms with van der Waals surface area (Å²) >= 11 is 0. The number of aromatic nitrogens is 3. The van der Waals surface area contributed by atoms with E-state index in [2.05, 4.69) is 25.8 Å². The molecule has 0 fully saturated rings. The topological polar surface area (TPSA) is 103 Å². The third-order valence-corrected chi connectivity index (χ3v) is 3.04. The van der Waals surface area contributed by atoms with Gasteiger partial charge in [0.05, 0.1) is 23.7 Å². The van der Waals surface area contributed by atoms with Gasteiger partial charge < -0.3 is 15.7 Å². The van der Waals surface area contributed by atoms with Crippen molar-refractivity contribution in [2.75, 3.05) is 11.9 Å². The number of nitrogens with one attached hydrogen (secondary N) is 3. The fraction of sp³-hybridized carbons (Fsp3) is 0.357. The molecule has 0 spiro atoms. The molecule has 0 radical (unpaired) electrons. The Labute approximate surface area is 122 Å². The van der Waals surface area contributed by atoms with Crippen LogP contribution in [0.4, 0.5) is 10.5 Å².